The Balaban J connectivity index is 3.10. The van der Waals surface area contributed by atoms with Crippen LogP contribution in [0.25, 0.3) is 0 Å². The summed E-state index contributed by atoms with van der Waals surface area (Å²) < 4.78 is 5.47. The van der Waals surface area contributed by atoms with Gasteiger partial charge in [-0.1, -0.05) is 19.4 Å². The van der Waals surface area contributed by atoms with Gasteiger partial charge >= 0.3 is 0 Å². The SMILES string of the molecule is CCC(CNC)C(N)c1cc(C)c(C)cc1OC. The maximum atomic E-state index is 6.41. The summed E-state index contributed by atoms with van der Waals surface area (Å²) in [7, 11) is 3.67. The lowest BCUT2D eigenvalue weighted by atomic mass is 9.89. The average molecular weight is 250 g/mol. The smallest absolute Gasteiger partial charge is 0.123 e. The van der Waals surface area contributed by atoms with Gasteiger partial charge in [0.15, 0.2) is 0 Å². The molecule has 2 atom stereocenters. The van der Waals surface area contributed by atoms with Crippen LogP contribution in [-0.4, -0.2) is 20.7 Å². The Labute approximate surface area is 111 Å². The number of nitrogens with one attached hydrogen (secondary N) is 1. The first-order valence-electron chi connectivity index (χ1n) is 6.60. The van der Waals surface area contributed by atoms with Gasteiger partial charge in [0.25, 0.3) is 0 Å². The largest absolute Gasteiger partial charge is 0.496 e. The highest BCUT2D eigenvalue weighted by Crippen LogP contribution is 2.32. The molecule has 1 aromatic carbocycles. The van der Waals surface area contributed by atoms with Crippen LogP contribution in [0.2, 0.25) is 0 Å². The van der Waals surface area contributed by atoms with E-state index in [2.05, 4.69) is 38.2 Å². The molecule has 0 saturated heterocycles. The summed E-state index contributed by atoms with van der Waals surface area (Å²) in [6, 6.07) is 4.25. The molecule has 18 heavy (non-hydrogen) atoms. The van der Waals surface area contributed by atoms with E-state index in [4.69, 9.17) is 10.5 Å². The zero-order valence-corrected chi connectivity index (χ0v) is 12.2. The molecule has 3 heteroatoms. The normalized spacial score (nSPS) is 14.3. The Morgan fingerprint density at radius 3 is 2.39 bits per heavy atom. The molecule has 0 aliphatic rings. The van der Waals surface area contributed by atoms with Crippen LogP contribution < -0.4 is 15.8 Å². The molecule has 0 amide bonds. The molecule has 0 heterocycles. The molecule has 0 spiro atoms. The van der Waals surface area contributed by atoms with Crippen LogP contribution in [0.5, 0.6) is 5.75 Å². The van der Waals surface area contributed by atoms with Crippen LogP contribution in [0.3, 0.4) is 0 Å². The molecule has 0 aromatic heterocycles. The van der Waals surface area contributed by atoms with Gasteiger partial charge in [-0.2, -0.15) is 0 Å². The summed E-state index contributed by atoms with van der Waals surface area (Å²) in [5, 5.41) is 3.21. The van der Waals surface area contributed by atoms with Crippen molar-refractivity contribution in [3.05, 3.63) is 28.8 Å². The lowest BCUT2D eigenvalue weighted by Crippen LogP contribution is -2.29. The van der Waals surface area contributed by atoms with Gasteiger partial charge in [0.2, 0.25) is 0 Å². The molecule has 1 rings (SSSR count). The summed E-state index contributed by atoms with van der Waals surface area (Å²) in [6.07, 6.45) is 1.05. The highest BCUT2D eigenvalue weighted by Gasteiger charge is 2.21. The van der Waals surface area contributed by atoms with Crippen LogP contribution in [0.4, 0.5) is 0 Å². The predicted octanol–water partition coefficient (Wildman–Crippen LogP) is 2.56. The van der Waals surface area contributed by atoms with E-state index in [1.54, 1.807) is 7.11 Å². The fraction of sp³-hybridized carbons (Fsp3) is 0.600. The van der Waals surface area contributed by atoms with Gasteiger partial charge in [0, 0.05) is 11.6 Å². The molecule has 0 fully saturated rings. The quantitative estimate of drug-likeness (QED) is 0.815. The third-order valence-corrected chi connectivity index (χ3v) is 3.70. The molecule has 0 aliphatic heterocycles. The molecule has 0 bridgehead atoms. The molecule has 0 radical (unpaired) electrons. The summed E-state index contributed by atoms with van der Waals surface area (Å²) in [6.45, 7) is 7.31. The summed E-state index contributed by atoms with van der Waals surface area (Å²) in [5.74, 6) is 1.33. The summed E-state index contributed by atoms with van der Waals surface area (Å²) in [5.41, 5.74) is 10.0. The van der Waals surface area contributed by atoms with Crippen molar-refractivity contribution in [3.8, 4) is 5.75 Å². The van der Waals surface area contributed by atoms with Crippen molar-refractivity contribution in [1.29, 1.82) is 0 Å². The number of benzene rings is 1. The summed E-state index contributed by atoms with van der Waals surface area (Å²) in [4.78, 5) is 0. The number of methoxy groups -OCH3 is 1. The van der Waals surface area contributed by atoms with Crippen LogP contribution >= 0.6 is 0 Å². The van der Waals surface area contributed by atoms with E-state index in [1.165, 1.54) is 11.1 Å². The first-order chi connectivity index (χ1) is 8.54. The second-order valence-electron chi connectivity index (χ2n) is 4.93. The van der Waals surface area contributed by atoms with E-state index in [0.717, 1.165) is 24.3 Å². The van der Waals surface area contributed by atoms with Crippen molar-refractivity contribution in [3.63, 3.8) is 0 Å². The van der Waals surface area contributed by atoms with Gasteiger partial charge in [0.05, 0.1) is 7.11 Å². The monoisotopic (exact) mass is 250 g/mol. The van der Waals surface area contributed by atoms with Crippen molar-refractivity contribution in [2.24, 2.45) is 11.7 Å². The lowest BCUT2D eigenvalue weighted by Gasteiger charge is -2.25. The van der Waals surface area contributed by atoms with Gasteiger partial charge in [-0.05, 0) is 50.6 Å². The minimum atomic E-state index is 0.0108. The Hall–Kier alpha value is -1.06. The molecule has 0 aliphatic carbocycles. The number of nitrogens with two attached hydrogens (primary N) is 1. The van der Waals surface area contributed by atoms with E-state index in [0.29, 0.717) is 5.92 Å². The molecular formula is C15H26N2O. The Kier molecular flexibility index (Phi) is 5.63. The number of rotatable bonds is 6. The Morgan fingerprint density at radius 1 is 1.28 bits per heavy atom. The van der Waals surface area contributed by atoms with Gasteiger partial charge in [-0.3, -0.25) is 0 Å². The minimum Gasteiger partial charge on any atom is -0.496 e. The van der Waals surface area contributed by atoms with Crippen LogP contribution in [0, 0.1) is 19.8 Å². The topological polar surface area (TPSA) is 47.3 Å². The van der Waals surface area contributed by atoms with Crippen LogP contribution in [-0.2, 0) is 0 Å². The van der Waals surface area contributed by atoms with Gasteiger partial charge < -0.3 is 15.8 Å². The zero-order chi connectivity index (χ0) is 13.7. The molecule has 2 unspecified atom stereocenters. The zero-order valence-electron chi connectivity index (χ0n) is 12.2. The number of aryl methyl sites for hydroxylation is 2. The van der Waals surface area contributed by atoms with E-state index in [-0.39, 0.29) is 6.04 Å². The fourth-order valence-electron chi connectivity index (χ4n) is 2.29. The van der Waals surface area contributed by atoms with E-state index < -0.39 is 0 Å². The average Bonchev–Trinajstić information content (AvgIpc) is 2.37. The highest BCUT2D eigenvalue weighted by molar-refractivity contribution is 5.43. The molecule has 0 saturated carbocycles. The molecule has 3 N–H and O–H groups in total. The maximum absolute atomic E-state index is 6.41. The second-order valence-corrected chi connectivity index (χ2v) is 4.93. The Bertz CT molecular complexity index is 390. The minimum absolute atomic E-state index is 0.0108. The highest BCUT2D eigenvalue weighted by atomic mass is 16.5. The molecular weight excluding hydrogens is 224 g/mol. The van der Waals surface area contributed by atoms with Gasteiger partial charge in [-0.15, -0.1) is 0 Å². The molecule has 3 nitrogen and oxygen atoms in total. The first-order valence-corrected chi connectivity index (χ1v) is 6.60. The molecule has 102 valence electrons. The number of hydrogen-bond acceptors (Lipinski definition) is 3. The van der Waals surface area contributed by atoms with E-state index in [1.807, 2.05) is 7.05 Å². The fourth-order valence-corrected chi connectivity index (χ4v) is 2.29. The maximum Gasteiger partial charge on any atom is 0.123 e. The van der Waals surface area contributed by atoms with Crippen molar-refractivity contribution < 1.29 is 4.74 Å². The predicted molar refractivity (Wildman–Crippen MR) is 77.1 cm³/mol. The standard InChI is InChI=1S/C15H26N2O/c1-6-12(9-17-4)15(16)13-7-10(2)11(3)8-14(13)18-5/h7-8,12,15,17H,6,9,16H2,1-5H3. The van der Waals surface area contributed by atoms with Crippen LogP contribution in [0.15, 0.2) is 12.1 Å². The van der Waals surface area contributed by atoms with E-state index >= 15 is 0 Å². The van der Waals surface area contributed by atoms with Crippen molar-refractivity contribution >= 4 is 0 Å². The van der Waals surface area contributed by atoms with Gasteiger partial charge in [-0.25, -0.2) is 0 Å². The van der Waals surface area contributed by atoms with Crippen molar-refractivity contribution in [2.75, 3.05) is 20.7 Å². The number of hydrogen-bond donors (Lipinski definition) is 2. The second kappa shape index (κ2) is 6.76. The molecule has 1 aromatic rings. The van der Waals surface area contributed by atoms with Crippen LogP contribution in [0.1, 0.15) is 36.1 Å². The summed E-state index contributed by atoms with van der Waals surface area (Å²) >= 11 is 0. The first kappa shape index (κ1) is 15.0. The third-order valence-electron chi connectivity index (χ3n) is 3.70. The lowest BCUT2D eigenvalue weighted by molar-refractivity contribution is 0.370. The van der Waals surface area contributed by atoms with Crippen molar-refractivity contribution in [2.45, 2.75) is 33.2 Å². The van der Waals surface area contributed by atoms with Crippen molar-refractivity contribution in [1.82, 2.24) is 5.32 Å². The third kappa shape index (κ3) is 3.24. The Morgan fingerprint density at radius 2 is 1.89 bits per heavy atom. The number of ether oxygens (including phenoxy) is 1. The van der Waals surface area contributed by atoms with Gasteiger partial charge in [0.1, 0.15) is 5.75 Å². The van der Waals surface area contributed by atoms with E-state index in [9.17, 15) is 0 Å².